The van der Waals surface area contributed by atoms with Crippen LogP contribution < -0.4 is 10.4 Å². The van der Waals surface area contributed by atoms with Gasteiger partial charge in [-0.3, -0.25) is 9.59 Å². The molecule has 2 aromatic carbocycles. The second-order valence-electron chi connectivity index (χ2n) is 7.21. The first-order valence-electron chi connectivity index (χ1n) is 9.49. The molecule has 7 nitrogen and oxygen atoms in total. The number of Topliss-reactive ketones (excluding diaryl/α,β-unsaturated/α-hetero) is 1. The SMILES string of the molecule is CC1C(=O)C(NC(=O)c2cc(Cc3ccccc3)on2)C[NH+]([O-])c2ccccc21. The van der Waals surface area contributed by atoms with Gasteiger partial charge in [-0.2, -0.15) is 0 Å². The van der Waals surface area contributed by atoms with E-state index in [1.54, 1.807) is 37.3 Å². The minimum Gasteiger partial charge on any atom is -0.629 e. The Labute approximate surface area is 167 Å². The highest BCUT2D eigenvalue weighted by atomic mass is 16.5. The Morgan fingerprint density at radius 2 is 1.93 bits per heavy atom. The van der Waals surface area contributed by atoms with Crippen molar-refractivity contribution < 1.29 is 19.2 Å². The van der Waals surface area contributed by atoms with Gasteiger partial charge in [-0.15, -0.1) is 0 Å². The molecule has 4 rings (SSSR count). The molecule has 2 heterocycles. The zero-order chi connectivity index (χ0) is 20.4. The van der Waals surface area contributed by atoms with Gasteiger partial charge in [0.15, 0.2) is 11.5 Å². The second-order valence-corrected chi connectivity index (χ2v) is 7.21. The van der Waals surface area contributed by atoms with Gasteiger partial charge in [0, 0.05) is 24.0 Å². The molecule has 29 heavy (non-hydrogen) atoms. The van der Waals surface area contributed by atoms with Crippen LogP contribution in [0.25, 0.3) is 0 Å². The van der Waals surface area contributed by atoms with Crippen molar-refractivity contribution in [2.75, 3.05) is 6.54 Å². The lowest BCUT2D eigenvalue weighted by Gasteiger charge is -2.24. The summed E-state index contributed by atoms with van der Waals surface area (Å²) in [5.41, 5.74) is 2.36. The molecular formula is C22H21N3O4. The molecule has 0 radical (unpaired) electrons. The predicted molar refractivity (Wildman–Crippen MR) is 106 cm³/mol. The number of benzene rings is 2. The van der Waals surface area contributed by atoms with Crippen LogP contribution in [-0.4, -0.2) is 29.4 Å². The summed E-state index contributed by atoms with van der Waals surface area (Å²) in [6, 6.07) is 17.4. The third-order valence-electron chi connectivity index (χ3n) is 5.21. The van der Waals surface area contributed by atoms with Gasteiger partial charge in [0.1, 0.15) is 24.0 Å². The summed E-state index contributed by atoms with van der Waals surface area (Å²) in [5.74, 6) is -0.652. The number of nitrogens with zero attached hydrogens (tertiary/aromatic N) is 1. The number of fused-ring (bicyclic) bond motifs is 1. The first kappa shape index (κ1) is 19.0. The van der Waals surface area contributed by atoms with Crippen LogP contribution in [0.2, 0.25) is 0 Å². The van der Waals surface area contributed by atoms with Crippen molar-refractivity contribution in [3.63, 3.8) is 0 Å². The Morgan fingerprint density at radius 3 is 2.72 bits per heavy atom. The molecule has 3 aromatic rings. The molecule has 0 saturated heterocycles. The third kappa shape index (κ3) is 3.96. The monoisotopic (exact) mass is 391 g/mol. The fourth-order valence-electron chi connectivity index (χ4n) is 3.63. The number of amides is 1. The first-order valence-corrected chi connectivity index (χ1v) is 9.49. The number of hydrogen-bond acceptors (Lipinski definition) is 5. The maximum Gasteiger partial charge on any atom is 0.274 e. The smallest absolute Gasteiger partial charge is 0.274 e. The van der Waals surface area contributed by atoms with E-state index in [2.05, 4.69) is 10.5 Å². The van der Waals surface area contributed by atoms with Gasteiger partial charge in [0.2, 0.25) is 0 Å². The Hall–Kier alpha value is -3.29. The highest BCUT2D eigenvalue weighted by Gasteiger charge is 2.35. The molecule has 2 N–H and O–H groups in total. The molecule has 0 bridgehead atoms. The molecule has 1 amide bonds. The predicted octanol–water partition coefficient (Wildman–Crippen LogP) is 1.76. The molecule has 3 atom stereocenters. The lowest BCUT2D eigenvalue weighted by atomic mass is 9.93. The van der Waals surface area contributed by atoms with E-state index in [1.165, 1.54) is 0 Å². The molecular weight excluding hydrogens is 370 g/mol. The Morgan fingerprint density at radius 1 is 1.21 bits per heavy atom. The molecule has 1 aliphatic rings. The van der Waals surface area contributed by atoms with Crippen LogP contribution >= 0.6 is 0 Å². The van der Waals surface area contributed by atoms with Crippen LogP contribution in [0.3, 0.4) is 0 Å². The fraction of sp³-hybridized carbons (Fsp3) is 0.227. The highest BCUT2D eigenvalue weighted by Crippen LogP contribution is 2.25. The normalized spacial score (nSPS) is 21.3. The van der Waals surface area contributed by atoms with Gasteiger partial charge in [0.25, 0.3) is 5.91 Å². The number of hydrogen-bond donors (Lipinski definition) is 2. The number of quaternary nitrogens is 1. The Kier molecular flexibility index (Phi) is 5.24. The summed E-state index contributed by atoms with van der Waals surface area (Å²) < 4.78 is 5.26. The number of ketones is 1. The number of carbonyl (C=O) groups excluding carboxylic acids is 2. The number of nitrogens with one attached hydrogen (secondary N) is 2. The van der Waals surface area contributed by atoms with Crippen LogP contribution in [0.5, 0.6) is 0 Å². The van der Waals surface area contributed by atoms with Crippen LogP contribution in [-0.2, 0) is 11.2 Å². The number of carbonyl (C=O) groups is 2. The van der Waals surface area contributed by atoms with Gasteiger partial charge >= 0.3 is 0 Å². The first-order chi connectivity index (χ1) is 14.0. The summed E-state index contributed by atoms with van der Waals surface area (Å²) in [4.78, 5) is 25.5. The van der Waals surface area contributed by atoms with Crippen LogP contribution in [0.1, 0.15) is 40.2 Å². The molecule has 0 spiro atoms. The highest BCUT2D eigenvalue weighted by molar-refractivity contribution is 5.99. The van der Waals surface area contributed by atoms with E-state index < -0.39 is 17.9 Å². The van der Waals surface area contributed by atoms with Crippen molar-refractivity contribution in [1.82, 2.24) is 10.5 Å². The summed E-state index contributed by atoms with van der Waals surface area (Å²) in [7, 11) is 0. The van der Waals surface area contributed by atoms with Crippen LogP contribution in [0, 0.1) is 5.21 Å². The Bertz CT molecular complexity index is 1030. The molecule has 1 aliphatic heterocycles. The summed E-state index contributed by atoms with van der Waals surface area (Å²) in [6.45, 7) is 1.69. The van der Waals surface area contributed by atoms with E-state index in [0.717, 1.165) is 5.56 Å². The van der Waals surface area contributed by atoms with Crippen LogP contribution in [0.15, 0.2) is 65.2 Å². The van der Waals surface area contributed by atoms with Crippen molar-refractivity contribution in [2.24, 2.45) is 0 Å². The molecule has 3 unspecified atom stereocenters. The van der Waals surface area contributed by atoms with Crippen molar-refractivity contribution in [2.45, 2.75) is 25.3 Å². The van der Waals surface area contributed by atoms with Gasteiger partial charge in [-0.1, -0.05) is 60.6 Å². The quantitative estimate of drug-likeness (QED) is 0.660. The third-order valence-corrected chi connectivity index (χ3v) is 5.21. The average Bonchev–Trinajstić information content (AvgIpc) is 3.18. The molecule has 148 valence electrons. The minimum atomic E-state index is -0.897. The van der Waals surface area contributed by atoms with Gasteiger partial charge < -0.3 is 20.1 Å². The van der Waals surface area contributed by atoms with Crippen molar-refractivity contribution >= 4 is 17.4 Å². The largest absolute Gasteiger partial charge is 0.629 e. The molecule has 1 aromatic heterocycles. The number of rotatable bonds is 4. The number of hydroxylamine groups is 1. The van der Waals surface area contributed by atoms with Crippen molar-refractivity contribution in [3.05, 3.63) is 88.5 Å². The number of para-hydroxylation sites is 1. The molecule has 0 aliphatic carbocycles. The topological polar surface area (TPSA) is 99.7 Å². The van der Waals surface area contributed by atoms with E-state index >= 15 is 0 Å². The Balaban J connectivity index is 1.48. The lowest BCUT2D eigenvalue weighted by molar-refractivity contribution is -0.776. The van der Waals surface area contributed by atoms with Crippen LogP contribution in [0.4, 0.5) is 5.69 Å². The molecule has 7 heteroatoms. The standard InChI is InChI=1S/C22H21N3O4/c1-14-17-9-5-6-10-20(17)25(28)13-19(21(14)26)23-22(27)18-12-16(29-24-18)11-15-7-3-2-4-8-15/h2-10,12,14,19,25H,11,13H2,1H3,(H,23,27). The summed E-state index contributed by atoms with van der Waals surface area (Å²) >= 11 is 0. The van der Waals surface area contributed by atoms with Crippen molar-refractivity contribution in [1.29, 1.82) is 0 Å². The van der Waals surface area contributed by atoms with E-state index in [-0.39, 0.29) is 23.1 Å². The van der Waals surface area contributed by atoms with Gasteiger partial charge in [-0.25, -0.2) is 0 Å². The zero-order valence-corrected chi connectivity index (χ0v) is 15.9. The van der Waals surface area contributed by atoms with E-state index in [1.807, 2.05) is 30.3 Å². The van der Waals surface area contributed by atoms with Gasteiger partial charge in [0.05, 0.1) is 0 Å². The van der Waals surface area contributed by atoms with E-state index in [0.29, 0.717) is 23.4 Å². The molecule has 0 saturated carbocycles. The summed E-state index contributed by atoms with van der Waals surface area (Å²) in [5, 5.41) is 18.9. The number of aromatic nitrogens is 1. The second kappa shape index (κ2) is 7.98. The zero-order valence-electron chi connectivity index (χ0n) is 15.9. The minimum absolute atomic E-state index is 0.0688. The van der Waals surface area contributed by atoms with Crippen molar-refractivity contribution in [3.8, 4) is 0 Å². The maximum absolute atomic E-state index is 12.9. The maximum atomic E-state index is 12.9. The average molecular weight is 391 g/mol. The van der Waals surface area contributed by atoms with E-state index in [9.17, 15) is 14.8 Å². The lowest BCUT2D eigenvalue weighted by Crippen LogP contribution is -3.04. The summed E-state index contributed by atoms with van der Waals surface area (Å²) in [6.07, 6.45) is 0.508. The van der Waals surface area contributed by atoms with E-state index in [4.69, 9.17) is 4.52 Å². The van der Waals surface area contributed by atoms with Gasteiger partial charge in [-0.05, 0) is 11.6 Å². The fourth-order valence-corrected chi connectivity index (χ4v) is 3.63. The molecule has 0 fully saturated rings.